The third-order valence-corrected chi connectivity index (χ3v) is 9.24. The van der Waals surface area contributed by atoms with Gasteiger partial charge in [-0.1, -0.05) is 13.5 Å². The highest BCUT2D eigenvalue weighted by atomic mass is 32.2. The average Bonchev–Trinajstić information content (AvgIpc) is 3.43. The van der Waals surface area contributed by atoms with Gasteiger partial charge < -0.3 is 23.4 Å². The fourth-order valence-corrected chi connectivity index (χ4v) is 7.21. The summed E-state index contributed by atoms with van der Waals surface area (Å²) in [5.41, 5.74) is -0.223. The zero-order chi connectivity index (χ0) is 26.5. The molecular formula is C27H30O9S. The van der Waals surface area contributed by atoms with E-state index in [1.54, 1.807) is 0 Å². The number of Topliss-reactive ketones (excluding diaryl/α,β-unsaturated/α-hetero) is 2. The molecule has 9 nitrogen and oxygen atoms in total. The van der Waals surface area contributed by atoms with Crippen molar-refractivity contribution in [3.63, 3.8) is 0 Å². The van der Waals surface area contributed by atoms with E-state index in [1.165, 1.54) is 31.4 Å². The number of esters is 2. The summed E-state index contributed by atoms with van der Waals surface area (Å²) in [6, 6.07) is 0. The fraction of sp³-hybridized carbons (Fsp3) is 0.556. The molecule has 198 valence electrons. The van der Waals surface area contributed by atoms with Crippen molar-refractivity contribution < 1.29 is 42.5 Å². The molecule has 4 aliphatic rings. The van der Waals surface area contributed by atoms with E-state index in [0.717, 1.165) is 0 Å². The third-order valence-electron chi connectivity index (χ3n) is 8.35. The molecule has 3 aliphatic carbocycles. The minimum atomic E-state index is -1.03. The summed E-state index contributed by atoms with van der Waals surface area (Å²) in [6.45, 7) is 7.71. The minimum absolute atomic E-state index is 0.0495. The topological polar surface area (TPSA) is 118 Å². The van der Waals surface area contributed by atoms with Gasteiger partial charge in [-0.05, 0) is 18.9 Å². The van der Waals surface area contributed by atoms with Crippen LogP contribution in [0.15, 0.2) is 34.7 Å². The Morgan fingerprint density at radius 2 is 2.08 bits per heavy atom. The number of cyclic esters (lactones) is 1. The summed E-state index contributed by atoms with van der Waals surface area (Å²) in [7, 11) is 1.50. The Bertz CT molecular complexity index is 1210. The van der Waals surface area contributed by atoms with Crippen molar-refractivity contribution in [2.24, 2.45) is 11.3 Å². The zero-order valence-electron chi connectivity index (χ0n) is 21.1. The number of ether oxygens (including phenoxy) is 4. The van der Waals surface area contributed by atoms with Gasteiger partial charge in [-0.3, -0.25) is 14.4 Å². The lowest BCUT2D eigenvalue weighted by Gasteiger charge is -2.51. The normalized spacial score (nSPS) is 31.9. The molecule has 1 aliphatic heterocycles. The highest BCUT2D eigenvalue weighted by Gasteiger charge is 2.64. The van der Waals surface area contributed by atoms with Crippen molar-refractivity contribution in [1.29, 1.82) is 0 Å². The molecule has 37 heavy (non-hydrogen) atoms. The number of carbonyl (C=O) groups is 4. The van der Waals surface area contributed by atoms with Crippen molar-refractivity contribution in [2.75, 3.05) is 31.8 Å². The summed E-state index contributed by atoms with van der Waals surface area (Å²) >= 11 is 1.36. The Hall–Kier alpha value is -2.85. The maximum absolute atomic E-state index is 13.9. The maximum atomic E-state index is 13.9. The molecule has 10 heteroatoms. The van der Waals surface area contributed by atoms with E-state index >= 15 is 0 Å². The Morgan fingerprint density at radius 3 is 2.81 bits per heavy atom. The first-order valence-electron chi connectivity index (χ1n) is 12.3. The molecule has 0 unspecified atom stereocenters. The number of thioether (sulfide) groups is 1. The van der Waals surface area contributed by atoms with E-state index in [9.17, 15) is 19.2 Å². The molecule has 0 radical (unpaired) electrons. The third kappa shape index (κ3) is 3.79. The minimum Gasteiger partial charge on any atom is -0.501 e. The molecule has 5 atom stereocenters. The largest absolute Gasteiger partial charge is 0.501 e. The molecule has 0 N–H and O–H groups in total. The molecule has 1 saturated carbocycles. The van der Waals surface area contributed by atoms with E-state index in [2.05, 4.69) is 6.58 Å². The monoisotopic (exact) mass is 530 g/mol. The zero-order valence-corrected chi connectivity index (χ0v) is 21.9. The van der Waals surface area contributed by atoms with Gasteiger partial charge in [0.15, 0.2) is 5.76 Å². The molecule has 5 rings (SSSR count). The molecule has 0 amide bonds. The number of methoxy groups -OCH3 is 1. The number of hydrogen-bond donors (Lipinski definition) is 0. The number of carbonyl (C=O) groups excluding carboxylic acids is 4. The first-order valence-corrected chi connectivity index (χ1v) is 13.5. The second-order valence-electron chi connectivity index (χ2n) is 10.3. The van der Waals surface area contributed by atoms with Crippen LogP contribution in [0.25, 0.3) is 0 Å². The first-order chi connectivity index (χ1) is 17.7. The van der Waals surface area contributed by atoms with E-state index in [4.69, 9.17) is 23.4 Å². The predicted molar refractivity (Wildman–Crippen MR) is 132 cm³/mol. The van der Waals surface area contributed by atoms with E-state index in [0.29, 0.717) is 41.9 Å². The van der Waals surface area contributed by atoms with Crippen LogP contribution < -0.4 is 0 Å². The number of allylic oxidation sites excluding steroid dienone is 1. The van der Waals surface area contributed by atoms with Crippen LogP contribution in [-0.4, -0.2) is 67.5 Å². The highest BCUT2D eigenvalue weighted by Crippen LogP contribution is 2.61. The van der Waals surface area contributed by atoms with Gasteiger partial charge in [-0.15, -0.1) is 11.8 Å². The predicted octanol–water partition coefficient (Wildman–Crippen LogP) is 3.41. The van der Waals surface area contributed by atoms with Crippen LogP contribution in [0.1, 0.15) is 59.6 Å². The van der Waals surface area contributed by atoms with Crippen molar-refractivity contribution >= 4 is 35.3 Å². The summed E-state index contributed by atoms with van der Waals surface area (Å²) < 4.78 is 28.0. The molecule has 0 bridgehead atoms. The van der Waals surface area contributed by atoms with Crippen molar-refractivity contribution in [3.05, 3.63) is 47.1 Å². The summed E-state index contributed by atoms with van der Waals surface area (Å²) in [5, 5.41) is 0. The molecule has 0 aromatic carbocycles. The number of ketones is 2. The number of rotatable bonds is 9. The lowest BCUT2D eigenvalue weighted by Crippen LogP contribution is -2.57. The SMILES string of the molecule is C=COCCSCC(=O)O[C@@H]1C[C@]2(C)C(=O)CC[C@H]2C2=C1[C@]1(C)c3c(coc3C2=O)C(=O)O[C@@H]1COC. The molecular weight excluding hydrogens is 500 g/mol. The molecule has 0 saturated heterocycles. The second kappa shape index (κ2) is 9.47. The molecule has 1 fully saturated rings. The van der Waals surface area contributed by atoms with Gasteiger partial charge in [-0.25, -0.2) is 4.79 Å². The van der Waals surface area contributed by atoms with Crippen LogP contribution in [0.2, 0.25) is 0 Å². The maximum Gasteiger partial charge on any atom is 0.342 e. The second-order valence-corrected chi connectivity index (χ2v) is 11.4. The highest BCUT2D eigenvalue weighted by molar-refractivity contribution is 7.99. The van der Waals surface area contributed by atoms with E-state index < -0.39 is 35.0 Å². The van der Waals surface area contributed by atoms with Gasteiger partial charge >= 0.3 is 11.9 Å². The number of furan rings is 1. The van der Waals surface area contributed by atoms with Gasteiger partial charge in [0.1, 0.15) is 29.8 Å². The Labute approximate surface area is 218 Å². The molecule has 1 aromatic heterocycles. The van der Waals surface area contributed by atoms with E-state index in [1.807, 2.05) is 13.8 Å². The molecule has 0 spiro atoms. The van der Waals surface area contributed by atoms with Crippen molar-refractivity contribution in [3.8, 4) is 0 Å². The van der Waals surface area contributed by atoms with Crippen molar-refractivity contribution in [1.82, 2.24) is 0 Å². The Kier molecular flexibility index (Phi) is 6.60. The van der Waals surface area contributed by atoms with Gasteiger partial charge in [0.25, 0.3) is 0 Å². The molecule has 1 aromatic rings. The summed E-state index contributed by atoms with van der Waals surface area (Å²) in [6.07, 6.45) is 2.09. The van der Waals surface area contributed by atoms with E-state index in [-0.39, 0.29) is 47.6 Å². The van der Waals surface area contributed by atoms with Crippen LogP contribution in [-0.2, 0) is 34.0 Å². The van der Waals surface area contributed by atoms with Crippen LogP contribution in [0.3, 0.4) is 0 Å². The summed E-state index contributed by atoms with van der Waals surface area (Å²) in [4.78, 5) is 52.8. The van der Waals surface area contributed by atoms with Crippen LogP contribution >= 0.6 is 11.8 Å². The molecule has 2 heterocycles. The van der Waals surface area contributed by atoms with Gasteiger partial charge in [0.05, 0.1) is 30.6 Å². The average molecular weight is 531 g/mol. The first kappa shape index (κ1) is 25.8. The lowest BCUT2D eigenvalue weighted by molar-refractivity contribution is -0.149. The number of fused-ring (bicyclic) bond motifs is 3. The van der Waals surface area contributed by atoms with Gasteiger partial charge in [0, 0.05) is 48.2 Å². The Balaban J connectivity index is 1.60. The van der Waals surface area contributed by atoms with Crippen LogP contribution in [0, 0.1) is 11.3 Å². The smallest absolute Gasteiger partial charge is 0.342 e. The fourth-order valence-electron chi connectivity index (χ4n) is 6.62. The van der Waals surface area contributed by atoms with Crippen LogP contribution in [0.5, 0.6) is 0 Å². The van der Waals surface area contributed by atoms with Crippen molar-refractivity contribution in [2.45, 2.75) is 50.7 Å². The quantitative estimate of drug-likeness (QED) is 0.267. The summed E-state index contributed by atoms with van der Waals surface area (Å²) in [5.74, 6) is -0.972. The van der Waals surface area contributed by atoms with Gasteiger partial charge in [-0.2, -0.15) is 0 Å². The standard InChI is InChI=1S/C27H30O9S/c1-5-33-8-9-37-13-19(29)35-16-10-26(2)15(6-7-17(26)28)20-22(16)27(3)18(12-32-4)36-25(31)14-11-34-24(21(14)27)23(20)30/h5,11,15-16,18H,1,6-10,12-13H2,2-4H3/t15-,16+,18+,26-,27-/m0/s1. The lowest BCUT2D eigenvalue weighted by atomic mass is 9.54. The Morgan fingerprint density at radius 1 is 1.30 bits per heavy atom. The number of hydrogen-bond acceptors (Lipinski definition) is 10. The van der Waals surface area contributed by atoms with Gasteiger partial charge in [0.2, 0.25) is 5.78 Å². The van der Waals surface area contributed by atoms with Crippen LogP contribution in [0.4, 0.5) is 0 Å².